The summed E-state index contributed by atoms with van der Waals surface area (Å²) in [5, 5.41) is 4.62. The third kappa shape index (κ3) is 4.06. The van der Waals surface area contributed by atoms with E-state index >= 15 is 0 Å². The van der Waals surface area contributed by atoms with E-state index in [0.717, 1.165) is 11.3 Å². The number of unbranched alkanes of at least 4 members (excludes halogenated alkanes) is 1. The monoisotopic (exact) mass is 357 g/mol. The van der Waals surface area contributed by atoms with Crippen LogP contribution in [0.25, 0.3) is 10.2 Å². The Labute approximate surface area is 148 Å². The number of rotatable bonds is 6. The molecule has 0 saturated heterocycles. The van der Waals surface area contributed by atoms with E-state index in [9.17, 15) is 14.4 Å². The number of hydrogen-bond acceptors (Lipinski definition) is 4. The normalized spacial score (nSPS) is 10.9. The van der Waals surface area contributed by atoms with E-state index in [0.29, 0.717) is 36.0 Å². The highest BCUT2D eigenvalue weighted by molar-refractivity contribution is 7.17. The Bertz CT molecular complexity index is 999. The molecule has 0 bridgehead atoms. The Balaban J connectivity index is 1.53. The Morgan fingerprint density at radius 1 is 1.16 bits per heavy atom. The molecule has 3 aromatic rings. The number of carbonyl (C=O) groups is 1. The van der Waals surface area contributed by atoms with E-state index in [-0.39, 0.29) is 11.5 Å². The lowest BCUT2D eigenvalue weighted by Crippen LogP contribution is -2.34. The highest BCUT2D eigenvalue weighted by Gasteiger charge is 2.09. The SMILES string of the molecule is Cc1ccc(NC(=O)CCCCn2c(=O)[nH]c3ccsc3c2=O)cc1. The van der Waals surface area contributed by atoms with Gasteiger partial charge in [-0.05, 0) is 43.3 Å². The summed E-state index contributed by atoms with van der Waals surface area (Å²) in [5.41, 5.74) is 1.81. The number of H-pyrrole nitrogens is 1. The molecule has 25 heavy (non-hydrogen) atoms. The van der Waals surface area contributed by atoms with E-state index in [4.69, 9.17) is 0 Å². The lowest BCUT2D eigenvalue weighted by molar-refractivity contribution is -0.116. The van der Waals surface area contributed by atoms with Crippen molar-refractivity contribution >= 4 is 33.1 Å². The number of hydrogen-bond donors (Lipinski definition) is 2. The van der Waals surface area contributed by atoms with Crippen molar-refractivity contribution in [2.75, 3.05) is 5.32 Å². The van der Waals surface area contributed by atoms with Crippen LogP contribution in [0.15, 0.2) is 45.3 Å². The lowest BCUT2D eigenvalue weighted by atomic mass is 10.2. The molecule has 3 rings (SSSR count). The number of aromatic nitrogens is 2. The van der Waals surface area contributed by atoms with Gasteiger partial charge in [0.1, 0.15) is 4.70 Å². The number of aromatic amines is 1. The molecule has 130 valence electrons. The number of amides is 1. The summed E-state index contributed by atoms with van der Waals surface area (Å²) in [6.45, 7) is 2.29. The third-order valence-corrected chi connectivity index (χ3v) is 4.86. The Kier molecular flexibility index (Phi) is 5.14. The number of nitrogens with zero attached hydrogens (tertiary/aromatic N) is 1. The summed E-state index contributed by atoms with van der Waals surface area (Å²) >= 11 is 1.32. The van der Waals surface area contributed by atoms with Gasteiger partial charge in [-0.3, -0.25) is 14.2 Å². The van der Waals surface area contributed by atoms with Gasteiger partial charge in [0.2, 0.25) is 5.91 Å². The van der Waals surface area contributed by atoms with Gasteiger partial charge in [0, 0.05) is 18.7 Å². The number of anilines is 1. The van der Waals surface area contributed by atoms with Crippen LogP contribution in [0.2, 0.25) is 0 Å². The smallest absolute Gasteiger partial charge is 0.326 e. The lowest BCUT2D eigenvalue weighted by Gasteiger charge is -2.06. The minimum atomic E-state index is -0.403. The molecule has 0 saturated carbocycles. The fourth-order valence-corrected chi connectivity index (χ4v) is 3.39. The van der Waals surface area contributed by atoms with Crippen LogP contribution in [-0.2, 0) is 11.3 Å². The molecule has 0 aliphatic rings. The maximum absolute atomic E-state index is 12.3. The Morgan fingerprint density at radius 2 is 1.92 bits per heavy atom. The summed E-state index contributed by atoms with van der Waals surface area (Å²) < 4.78 is 1.76. The molecule has 0 atom stereocenters. The number of benzene rings is 1. The first-order chi connectivity index (χ1) is 12.0. The van der Waals surface area contributed by atoms with Crippen molar-refractivity contribution in [3.63, 3.8) is 0 Å². The zero-order valence-electron chi connectivity index (χ0n) is 13.9. The fourth-order valence-electron chi connectivity index (χ4n) is 2.59. The van der Waals surface area contributed by atoms with Crippen molar-refractivity contribution in [3.8, 4) is 0 Å². The van der Waals surface area contributed by atoms with Crippen LogP contribution >= 0.6 is 11.3 Å². The number of thiophene rings is 1. The van der Waals surface area contributed by atoms with Crippen LogP contribution in [-0.4, -0.2) is 15.5 Å². The van der Waals surface area contributed by atoms with E-state index < -0.39 is 5.69 Å². The average Bonchev–Trinajstić information content (AvgIpc) is 3.04. The van der Waals surface area contributed by atoms with E-state index in [1.165, 1.54) is 15.9 Å². The summed E-state index contributed by atoms with van der Waals surface area (Å²) in [7, 11) is 0. The molecule has 0 aliphatic heterocycles. The first-order valence-electron chi connectivity index (χ1n) is 8.11. The maximum Gasteiger partial charge on any atom is 0.328 e. The van der Waals surface area contributed by atoms with Gasteiger partial charge in [-0.15, -0.1) is 11.3 Å². The van der Waals surface area contributed by atoms with Crippen molar-refractivity contribution in [1.82, 2.24) is 9.55 Å². The van der Waals surface area contributed by atoms with Crippen LogP contribution in [0.3, 0.4) is 0 Å². The molecule has 0 aliphatic carbocycles. The zero-order chi connectivity index (χ0) is 17.8. The molecule has 1 amide bonds. The van der Waals surface area contributed by atoms with Crippen molar-refractivity contribution < 1.29 is 4.79 Å². The quantitative estimate of drug-likeness (QED) is 0.665. The van der Waals surface area contributed by atoms with Crippen molar-refractivity contribution in [1.29, 1.82) is 0 Å². The summed E-state index contributed by atoms with van der Waals surface area (Å²) in [6.07, 6.45) is 1.54. The maximum atomic E-state index is 12.3. The second-order valence-electron chi connectivity index (χ2n) is 5.92. The molecule has 2 heterocycles. The van der Waals surface area contributed by atoms with Crippen LogP contribution < -0.4 is 16.6 Å². The van der Waals surface area contributed by atoms with Gasteiger partial charge >= 0.3 is 5.69 Å². The van der Waals surface area contributed by atoms with Gasteiger partial charge in [-0.2, -0.15) is 0 Å². The first-order valence-corrected chi connectivity index (χ1v) is 8.99. The zero-order valence-corrected chi connectivity index (χ0v) is 14.7. The minimum Gasteiger partial charge on any atom is -0.326 e. The van der Waals surface area contributed by atoms with E-state index in [2.05, 4.69) is 10.3 Å². The molecule has 2 N–H and O–H groups in total. The highest BCUT2D eigenvalue weighted by atomic mass is 32.1. The van der Waals surface area contributed by atoms with E-state index in [1.807, 2.05) is 31.2 Å². The van der Waals surface area contributed by atoms with Gasteiger partial charge in [-0.25, -0.2) is 4.79 Å². The van der Waals surface area contributed by atoms with Crippen LogP contribution in [0.4, 0.5) is 5.69 Å². The predicted molar refractivity (Wildman–Crippen MR) is 100 cm³/mol. The minimum absolute atomic E-state index is 0.0705. The second-order valence-corrected chi connectivity index (χ2v) is 6.84. The standard InChI is InChI=1S/C18H19N3O3S/c1-12-5-7-13(8-6-12)19-15(22)4-2-3-10-21-17(23)16-14(9-11-25-16)20-18(21)24/h5-9,11H,2-4,10H2,1H3,(H,19,22)(H,20,24). The van der Waals surface area contributed by atoms with Crippen molar-refractivity contribution in [3.05, 3.63) is 62.1 Å². The topological polar surface area (TPSA) is 84.0 Å². The molecule has 0 radical (unpaired) electrons. The summed E-state index contributed by atoms with van der Waals surface area (Å²) in [4.78, 5) is 38.9. The predicted octanol–water partition coefficient (Wildman–Crippen LogP) is 2.87. The molecular weight excluding hydrogens is 338 g/mol. The third-order valence-electron chi connectivity index (χ3n) is 3.96. The average molecular weight is 357 g/mol. The second kappa shape index (κ2) is 7.48. The molecular formula is C18H19N3O3S. The first kappa shape index (κ1) is 17.2. The number of fused-ring (bicyclic) bond motifs is 1. The molecule has 2 aromatic heterocycles. The molecule has 6 nitrogen and oxygen atoms in total. The van der Waals surface area contributed by atoms with Gasteiger partial charge in [-0.1, -0.05) is 17.7 Å². The molecule has 0 unspecified atom stereocenters. The largest absolute Gasteiger partial charge is 0.328 e. The summed E-state index contributed by atoms with van der Waals surface area (Å²) in [6, 6.07) is 9.33. The summed E-state index contributed by atoms with van der Waals surface area (Å²) in [5.74, 6) is -0.0705. The van der Waals surface area contributed by atoms with Gasteiger partial charge in [0.15, 0.2) is 0 Å². The van der Waals surface area contributed by atoms with Crippen LogP contribution in [0.5, 0.6) is 0 Å². The Morgan fingerprint density at radius 3 is 2.68 bits per heavy atom. The molecule has 1 aromatic carbocycles. The number of carbonyl (C=O) groups excluding carboxylic acids is 1. The molecule has 0 spiro atoms. The Hall–Kier alpha value is -2.67. The molecule has 0 fully saturated rings. The van der Waals surface area contributed by atoms with Crippen molar-refractivity contribution in [2.24, 2.45) is 0 Å². The van der Waals surface area contributed by atoms with Crippen LogP contribution in [0, 0.1) is 6.92 Å². The van der Waals surface area contributed by atoms with Crippen LogP contribution in [0.1, 0.15) is 24.8 Å². The number of nitrogens with one attached hydrogen (secondary N) is 2. The van der Waals surface area contributed by atoms with Gasteiger partial charge in [0.25, 0.3) is 5.56 Å². The number of aryl methyl sites for hydroxylation is 1. The highest BCUT2D eigenvalue weighted by Crippen LogP contribution is 2.12. The van der Waals surface area contributed by atoms with E-state index in [1.54, 1.807) is 11.4 Å². The van der Waals surface area contributed by atoms with Gasteiger partial charge in [0.05, 0.1) is 5.52 Å². The van der Waals surface area contributed by atoms with Gasteiger partial charge < -0.3 is 10.3 Å². The fraction of sp³-hybridized carbons (Fsp3) is 0.278. The van der Waals surface area contributed by atoms with Crippen molar-refractivity contribution in [2.45, 2.75) is 32.7 Å². The molecule has 7 heteroatoms.